The fourth-order valence-corrected chi connectivity index (χ4v) is 3.33. The van der Waals surface area contributed by atoms with Gasteiger partial charge in [0.2, 0.25) is 0 Å². The lowest BCUT2D eigenvalue weighted by molar-refractivity contribution is 0.0908. The highest BCUT2D eigenvalue weighted by Gasteiger charge is 2.33. The van der Waals surface area contributed by atoms with E-state index in [0.717, 1.165) is 34.8 Å². The van der Waals surface area contributed by atoms with Gasteiger partial charge in [-0.2, -0.15) is 5.10 Å². The smallest absolute Gasteiger partial charge is 0.166 e. The maximum atomic E-state index is 12.4. The average Bonchev–Trinajstić information content (AvgIpc) is 2.98. The SMILES string of the molecule is COc1ccc(-c2cc3ncc4c(n3n2)CC(C)(C)CC4=O)cc1. The minimum Gasteiger partial charge on any atom is -0.497 e. The van der Waals surface area contributed by atoms with Crippen LogP contribution in [0.5, 0.6) is 5.75 Å². The molecule has 0 unspecified atom stereocenters. The van der Waals surface area contributed by atoms with Crippen molar-refractivity contribution in [1.29, 1.82) is 0 Å². The Balaban J connectivity index is 1.85. The van der Waals surface area contributed by atoms with E-state index in [1.807, 2.05) is 34.8 Å². The first-order valence-corrected chi connectivity index (χ1v) is 8.02. The van der Waals surface area contributed by atoms with Crippen LogP contribution in [-0.2, 0) is 6.42 Å². The van der Waals surface area contributed by atoms with Crippen molar-refractivity contribution in [3.05, 3.63) is 47.8 Å². The molecule has 1 aromatic carbocycles. The van der Waals surface area contributed by atoms with Crippen LogP contribution >= 0.6 is 0 Å². The molecule has 0 spiro atoms. The molecule has 1 aliphatic carbocycles. The Morgan fingerprint density at radius 3 is 2.62 bits per heavy atom. The number of ether oxygens (including phenoxy) is 1. The predicted molar refractivity (Wildman–Crippen MR) is 91.4 cm³/mol. The average molecular weight is 321 g/mol. The molecule has 2 heterocycles. The zero-order chi connectivity index (χ0) is 16.9. The fraction of sp³-hybridized carbons (Fsp3) is 0.316. The molecule has 0 fully saturated rings. The molecule has 0 N–H and O–H groups in total. The van der Waals surface area contributed by atoms with Crippen molar-refractivity contribution in [2.45, 2.75) is 26.7 Å². The van der Waals surface area contributed by atoms with Gasteiger partial charge in [-0.3, -0.25) is 4.79 Å². The summed E-state index contributed by atoms with van der Waals surface area (Å²) in [6.07, 6.45) is 3.07. The highest BCUT2D eigenvalue weighted by atomic mass is 16.5. The summed E-state index contributed by atoms with van der Waals surface area (Å²) >= 11 is 0. The lowest BCUT2D eigenvalue weighted by Gasteiger charge is -2.29. The van der Waals surface area contributed by atoms with Crippen LogP contribution in [0, 0.1) is 5.41 Å². The van der Waals surface area contributed by atoms with Gasteiger partial charge in [0.25, 0.3) is 0 Å². The van der Waals surface area contributed by atoms with Gasteiger partial charge in [0.1, 0.15) is 5.75 Å². The summed E-state index contributed by atoms with van der Waals surface area (Å²) in [6, 6.07) is 9.72. The molecule has 1 aliphatic rings. The molecular weight excluding hydrogens is 302 g/mol. The summed E-state index contributed by atoms with van der Waals surface area (Å²) in [6.45, 7) is 4.24. The van der Waals surface area contributed by atoms with Crippen LogP contribution < -0.4 is 4.74 Å². The van der Waals surface area contributed by atoms with Crippen molar-refractivity contribution in [3.63, 3.8) is 0 Å². The third-order valence-electron chi connectivity index (χ3n) is 4.55. The van der Waals surface area contributed by atoms with E-state index in [-0.39, 0.29) is 11.2 Å². The van der Waals surface area contributed by atoms with E-state index in [2.05, 4.69) is 18.8 Å². The van der Waals surface area contributed by atoms with Crippen LogP contribution in [-0.4, -0.2) is 27.5 Å². The van der Waals surface area contributed by atoms with Crippen molar-refractivity contribution >= 4 is 11.4 Å². The second kappa shape index (κ2) is 5.16. The van der Waals surface area contributed by atoms with E-state index in [0.29, 0.717) is 12.0 Å². The monoisotopic (exact) mass is 321 g/mol. The molecule has 0 bridgehead atoms. The number of nitrogens with zero attached hydrogens (tertiary/aromatic N) is 3. The first kappa shape index (κ1) is 14.9. The summed E-state index contributed by atoms with van der Waals surface area (Å²) in [5.41, 5.74) is 4.22. The van der Waals surface area contributed by atoms with Crippen LogP contribution in [0.4, 0.5) is 0 Å². The molecule has 0 atom stereocenters. The number of ketones is 1. The lowest BCUT2D eigenvalue weighted by Crippen LogP contribution is -2.29. The van der Waals surface area contributed by atoms with Crippen molar-refractivity contribution < 1.29 is 9.53 Å². The molecule has 0 aliphatic heterocycles. The number of carbonyl (C=O) groups is 1. The normalized spacial score (nSPS) is 16.2. The quantitative estimate of drug-likeness (QED) is 0.724. The molecule has 122 valence electrons. The van der Waals surface area contributed by atoms with Crippen LogP contribution in [0.1, 0.15) is 36.3 Å². The number of aromatic nitrogens is 3. The van der Waals surface area contributed by atoms with Gasteiger partial charge in [-0.05, 0) is 36.1 Å². The van der Waals surface area contributed by atoms with Crippen molar-refractivity contribution in [1.82, 2.24) is 14.6 Å². The Labute approximate surface area is 140 Å². The first-order chi connectivity index (χ1) is 11.5. The van der Waals surface area contributed by atoms with Crippen LogP contribution in [0.3, 0.4) is 0 Å². The van der Waals surface area contributed by atoms with Crippen molar-refractivity contribution in [3.8, 4) is 17.0 Å². The molecule has 0 saturated carbocycles. The van der Waals surface area contributed by atoms with Gasteiger partial charge in [-0.15, -0.1) is 0 Å². The standard InChI is InChI=1S/C19H19N3O2/c1-19(2)9-16-14(17(23)10-19)11-20-18-8-15(21-22(16)18)12-4-6-13(24-3)7-5-12/h4-8,11H,9-10H2,1-3H3. The summed E-state index contributed by atoms with van der Waals surface area (Å²) < 4.78 is 7.02. The number of carbonyl (C=O) groups excluding carboxylic acids is 1. The van der Waals surface area contributed by atoms with E-state index in [1.165, 1.54) is 0 Å². The largest absolute Gasteiger partial charge is 0.497 e. The maximum absolute atomic E-state index is 12.4. The van der Waals surface area contributed by atoms with Crippen LogP contribution in [0.25, 0.3) is 16.9 Å². The first-order valence-electron chi connectivity index (χ1n) is 8.02. The Kier molecular flexibility index (Phi) is 3.20. The predicted octanol–water partition coefficient (Wildman–Crippen LogP) is 3.56. The molecule has 5 heteroatoms. The zero-order valence-corrected chi connectivity index (χ0v) is 14.0. The third kappa shape index (κ3) is 2.37. The number of hydrogen-bond donors (Lipinski definition) is 0. The Bertz CT molecular complexity index is 939. The Hall–Kier alpha value is -2.69. The van der Waals surface area contributed by atoms with Gasteiger partial charge in [0, 0.05) is 24.2 Å². The van der Waals surface area contributed by atoms with E-state index in [9.17, 15) is 4.79 Å². The molecular formula is C19H19N3O2. The summed E-state index contributed by atoms with van der Waals surface area (Å²) in [5.74, 6) is 0.961. The second-order valence-electron chi connectivity index (χ2n) is 7.09. The van der Waals surface area contributed by atoms with E-state index >= 15 is 0 Å². The zero-order valence-electron chi connectivity index (χ0n) is 14.0. The van der Waals surface area contributed by atoms with E-state index < -0.39 is 0 Å². The molecule has 4 rings (SSSR count). The van der Waals surface area contributed by atoms with E-state index in [4.69, 9.17) is 9.84 Å². The maximum Gasteiger partial charge on any atom is 0.166 e. The number of fused-ring (bicyclic) bond motifs is 3. The topological polar surface area (TPSA) is 56.5 Å². The highest BCUT2D eigenvalue weighted by Crippen LogP contribution is 2.35. The number of Topliss-reactive ketones (excluding diaryl/α,β-unsaturated/α-hetero) is 1. The molecule has 2 aromatic heterocycles. The second-order valence-corrected chi connectivity index (χ2v) is 7.09. The third-order valence-corrected chi connectivity index (χ3v) is 4.55. The fourth-order valence-electron chi connectivity index (χ4n) is 3.33. The van der Waals surface area contributed by atoms with Gasteiger partial charge in [0.15, 0.2) is 11.4 Å². The minimum absolute atomic E-state index is 0.0510. The van der Waals surface area contributed by atoms with Crippen molar-refractivity contribution in [2.24, 2.45) is 5.41 Å². The van der Waals surface area contributed by atoms with Gasteiger partial charge in [-0.1, -0.05) is 13.8 Å². The van der Waals surface area contributed by atoms with Gasteiger partial charge in [-0.25, -0.2) is 9.50 Å². The lowest BCUT2D eigenvalue weighted by atomic mass is 9.76. The minimum atomic E-state index is -0.0510. The number of rotatable bonds is 2. The number of hydrogen-bond acceptors (Lipinski definition) is 4. The van der Waals surface area contributed by atoms with E-state index in [1.54, 1.807) is 13.3 Å². The number of benzene rings is 1. The molecule has 0 amide bonds. The summed E-state index contributed by atoms with van der Waals surface area (Å²) in [5, 5.41) is 4.71. The Morgan fingerprint density at radius 1 is 1.17 bits per heavy atom. The summed E-state index contributed by atoms with van der Waals surface area (Å²) in [4.78, 5) is 16.8. The van der Waals surface area contributed by atoms with Gasteiger partial charge in [0.05, 0.1) is 24.1 Å². The van der Waals surface area contributed by atoms with Gasteiger partial charge < -0.3 is 4.74 Å². The van der Waals surface area contributed by atoms with Crippen LogP contribution in [0.15, 0.2) is 36.5 Å². The van der Waals surface area contributed by atoms with Gasteiger partial charge >= 0.3 is 0 Å². The highest BCUT2D eigenvalue weighted by molar-refractivity contribution is 5.98. The molecule has 24 heavy (non-hydrogen) atoms. The van der Waals surface area contributed by atoms with Crippen molar-refractivity contribution in [2.75, 3.05) is 7.11 Å². The summed E-state index contributed by atoms with van der Waals surface area (Å²) in [7, 11) is 1.65. The molecule has 0 saturated heterocycles. The molecule has 0 radical (unpaired) electrons. The molecule has 5 nitrogen and oxygen atoms in total. The Morgan fingerprint density at radius 2 is 1.92 bits per heavy atom. The number of methoxy groups -OCH3 is 1. The van der Waals surface area contributed by atoms with Crippen LogP contribution in [0.2, 0.25) is 0 Å². The molecule has 3 aromatic rings.